The number of phenolic OH excluding ortho intramolecular Hbond substituents is 1. The summed E-state index contributed by atoms with van der Waals surface area (Å²) in [5.74, 6) is 0.730. The predicted octanol–water partition coefficient (Wildman–Crippen LogP) is 3.56. The third kappa shape index (κ3) is 5.68. The van der Waals surface area contributed by atoms with E-state index in [0.717, 1.165) is 12.1 Å². The third-order valence-electron chi connectivity index (χ3n) is 4.41. The van der Waals surface area contributed by atoms with E-state index in [1.807, 2.05) is 0 Å². The van der Waals surface area contributed by atoms with E-state index in [4.69, 9.17) is 9.47 Å². The number of hydrogen-bond acceptors (Lipinski definition) is 9. The number of nitrogens with zero attached hydrogens (tertiary/aromatic N) is 2. The molecule has 0 radical (unpaired) electrons. The molecule has 0 amide bonds. The number of nitrogens with one attached hydrogen (secondary N) is 2. The van der Waals surface area contributed by atoms with Gasteiger partial charge < -0.3 is 14.6 Å². The molecule has 0 fully saturated rings. The maximum atomic E-state index is 13.0. The van der Waals surface area contributed by atoms with E-state index in [1.54, 1.807) is 18.2 Å². The predicted molar refractivity (Wildman–Crippen MR) is 123 cm³/mol. The van der Waals surface area contributed by atoms with Gasteiger partial charge in [0.1, 0.15) is 10.6 Å². The minimum atomic E-state index is -4.22. The van der Waals surface area contributed by atoms with Crippen molar-refractivity contribution >= 4 is 33.3 Å². The largest absolute Gasteiger partial charge is 0.504 e. The maximum absolute atomic E-state index is 13.0. The molecule has 0 atom stereocenters. The number of non-ortho nitro benzene ring substituents is 1. The summed E-state index contributed by atoms with van der Waals surface area (Å²) in [4.78, 5) is 10.1. The van der Waals surface area contributed by atoms with Crippen LogP contribution in [0.2, 0.25) is 0 Å². The first-order valence-electron chi connectivity index (χ1n) is 9.35. The number of hydrazone groups is 1. The van der Waals surface area contributed by atoms with Gasteiger partial charge in [0.15, 0.2) is 11.5 Å². The van der Waals surface area contributed by atoms with Crippen molar-refractivity contribution in [1.29, 1.82) is 0 Å². The Balaban J connectivity index is 1.91. The molecule has 33 heavy (non-hydrogen) atoms. The van der Waals surface area contributed by atoms with Crippen LogP contribution in [-0.2, 0) is 10.0 Å². The van der Waals surface area contributed by atoms with Crippen molar-refractivity contribution in [2.45, 2.75) is 4.90 Å². The number of hydrogen-bond donors (Lipinski definition) is 3. The van der Waals surface area contributed by atoms with E-state index >= 15 is 0 Å². The smallest absolute Gasteiger partial charge is 0.270 e. The Morgan fingerprint density at radius 2 is 1.76 bits per heavy atom. The Labute approximate surface area is 189 Å². The minimum absolute atomic E-state index is 0.0172. The Kier molecular flexibility index (Phi) is 6.98. The summed E-state index contributed by atoms with van der Waals surface area (Å²) in [5.41, 5.74) is 3.01. The summed E-state index contributed by atoms with van der Waals surface area (Å²) in [5, 5.41) is 24.9. The van der Waals surface area contributed by atoms with Crippen LogP contribution in [0.5, 0.6) is 17.2 Å². The van der Waals surface area contributed by atoms with Crippen LogP contribution in [0.4, 0.5) is 17.1 Å². The van der Waals surface area contributed by atoms with E-state index in [9.17, 15) is 23.6 Å². The molecule has 0 saturated carbocycles. The normalized spacial score (nSPS) is 11.2. The fourth-order valence-electron chi connectivity index (χ4n) is 2.76. The van der Waals surface area contributed by atoms with Gasteiger partial charge in [0.25, 0.3) is 15.7 Å². The minimum Gasteiger partial charge on any atom is -0.504 e. The number of anilines is 2. The zero-order chi connectivity index (χ0) is 24.0. The molecule has 11 nitrogen and oxygen atoms in total. The van der Waals surface area contributed by atoms with Crippen molar-refractivity contribution in [1.82, 2.24) is 0 Å². The van der Waals surface area contributed by atoms with Crippen molar-refractivity contribution in [2.75, 3.05) is 24.4 Å². The summed E-state index contributed by atoms with van der Waals surface area (Å²) in [6.45, 7) is 0. The number of methoxy groups -OCH3 is 2. The van der Waals surface area contributed by atoms with Gasteiger partial charge in [0, 0.05) is 17.8 Å². The van der Waals surface area contributed by atoms with Crippen LogP contribution in [0, 0.1) is 10.1 Å². The highest BCUT2D eigenvalue weighted by Gasteiger charge is 2.22. The lowest BCUT2D eigenvalue weighted by Crippen LogP contribution is -2.15. The molecule has 0 unspecified atom stereocenters. The number of sulfonamides is 1. The molecule has 0 aromatic heterocycles. The molecule has 0 aliphatic heterocycles. The zero-order valence-corrected chi connectivity index (χ0v) is 18.4. The first kappa shape index (κ1) is 23.3. The molecule has 3 aromatic carbocycles. The van der Waals surface area contributed by atoms with Crippen molar-refractivity contribution in [3.8, 4) is 17.2 Å². The van der Waals surface area contributed by atoms with Crippen LogP contribution >= 0.6 is 0 Å². The monoisotopic (exact) mass is 472 g/mol. The molecular formula is C21H20N4O7S. The molecule has 3 N–H and O–H groups in total. The molecule has 0 heterocycles. The highest BCUT2D eigenvalue weighted by Crippen LogP contribution is 2.29. The van der Waals surface area contributed by atoms with Crippen LogP contribution in [0.25, 0.3) is 0 Å². The number of ether oxygens (including phenoxy) is 2. The fraction of sp³-hybridized carbons (Fsp3) is 0.0952. The second-order valence-corrected chi connectivity index (χ2v) is 8.22. The molecule has 12 heteroatoms. The molecule has 0 bridgehead atoms. The lowest BCUT2D eigenvalue weighted by atomic mass is 10.2. The van der Waals surface area contributed by atoms with Gasteiger partial charge in [-0.05, 0) is 54.1 Å². The van der Waals surface area contributed by atoms with E-state index in [0.29, 0.717) is 11.3 Å². The van der Waals surface area contributed by atoms with Crippen LogP contribution in [-0.4, -0.2) is 38.9 Å². The summed E-state index contributed by atoms with van der Waals surface area (Å²) >= 11 is 0. The Morgan fingerprint density at radius 1 is 1.03 bits per heavy atom. The number of nitro groups is 1. The van der Waals surface area contributed by atoms with Crippen LogP contribution in [0.3, 0.4) is 0 Å². The summed E-state index contributed by atoms with van der Waals surface area (Å²) in [7, 11) is -1.33. The summed E-state index contributed by atoms with van der Waals surface area (Å²) in [6.07, 6.45) is 1.37. The molecule has 3 aromatic rings. The third-order valence-corrected chi connectivity index (χ3v) is 5.83. The Bertz CT molecular complexity index is 1290. The highest BCUT2D eigenvalue weighted by atomic mass is 32.2. The fourth-order valence-corrected chi connectivity index (χ4v) is 3.99. The standard InChI is InChI=1S/C21H20N4O7S/c1-31-17-7-4-15(5-8-17)24-33(29,30)21-12-16(25(27)28)6-9-18(21)23-22-13-14-3-10-19(26)20(11-14)32-2/h3-13,23-24,26H,1-2H3/b22-13+. The van der Waals surface area contributed by atoms with Crippen molar-refractivity contribution in [3.05, 3.63) is 76.3 Å². The number of benzene rings is 3. The van der Waals surface area contributed by atoms with Crippen molar-refractivity contribution in [2.24, 2.45) is 5.10 Å². The molecule has 0 aliphatic rings. The average molecular weight is 472 g/mol. The van der Waals surface area contributed by atoms with Gasteiger partial charge in [-0.25, -0.2) is 8.42 Å². The number of nitro benzene ring substituents is 1. The molecule has 0 saturated heterocycles. The number of aromatic hydroxyl groups is 1. The number of phenols is 1. The zero-order valence-electron chi connectivity index (χ0n) is 17.6. The maximum Gasteiger partial charge on any atom is 0.270 e. The first-order valence-corrected chi connectivity index (χ1v) is 10.8. The Hall–Kier alpha value is -4.32. The molecule has 172 valence electrons. The van der Waals surface area contributed by atoms with Crippen LogP contribution in [0.15, 0.2) is 70.7 Å². The SMILES string of the molecule is COc1ccc(NS(=O)(=O)c2cc([N+](=O)[O-])ccc2N/N=C/c2ccc(O)c(OC)c2)cc1. The van der Waals surface area contributed by atoms with Crippen LogP contribution < -0.4 is 19.6 Å². The van der Waals surface area contributed by atoms with Crippen molar-refractivity contribution < 1.29 is 27.9 Å². The van der Waals surface area contributed by atoms with Gasteiger partial charge in [-0.15, -0.1) is 0 Å². The summed E-state index contributed by atoms with van der Waals surface area (Å²) in [6, 6.07) is 14.0. The molecule has 0 spiro atoms. The quantitative estimate of drug-likeness (QED) is 0.243. The molecular weight excluding hydrogens is 452 g/mol. The van der Waals surface area contributed by atoms with Gasteiger partial charge in [-0.1, -0.05) is 0 Å². The van der Waals surface area contributed by atoms with Crippen molar-refractivity contribution in [3.63, 3.8) is 0 Å². The average Bonchev–Trinajstić information content (AvgIpc) is 2.80. The molecule has 3 rings (SSSR count). The van der Waals surface area contributed by atoms with Gasteiger partial charge in [0.2, 0.25) is 0 Å². The topological polar surface area (TPSA) is 152 Å². The van der Waals surface area contributed by atoms with E-state index in [2.05, 4.69) is 15.2 Å². The number of rotatable bonds is 9. The van der Waals surface area contributed by atoms with E-state index in [1.165, 1.54) is 50.8 Å². The van der Waals surface area contributed by atoms with Crippen LogP contribution in [0.1, 0.15) is 5.56 Å². The lowest BCUT2D eigenvalue weighted by molar-refractivity contribution is -0.385. The molecule has 0 aliphatic carbocycles. The second kappa shape index (κ2) is 9.87. The Morgan fingerprint density at radius 3 is 2.39 bits per heavy atom. The lowest BCUT2D eigenvalue weighted by Gasteiger charge is -2.12. The summed E-state index contributed by atoms with van der Waals surface area (Å²) < 4.78 is 38.5. The second-order valence-electron chi connectivity index (χ2n) is 6.57. The van der Waals surface area contributed by atoms with Gasteiger partial charge >= 0.3 is 0 Å². The highest BCUT2D eigenvalue weighted by molar-refractivity contribution is 7.92. The first-order chi connectivity index (χ1) is 15.7. The van der Waals surface area contributed by atoms with E-state index < -0.39 is 20.6 Å². The van der Waals surface area contributed by atoms with E-state index in [-0.39, 0.29) is 27.8 Å². The van der Waals surface area contributed by atoms with Gasteiger partial charge in [-0.2, -0.15) is 5.10 Å². The van der Waals surface area contributed by atoms with Gasteiger partial charge in [-0.3, -0.25) is 20.3 Å². The van der Waals surface area contributed by atoms with Gasteiger partial charge in [0.05, 0.1) is 31.0 Å².